The van der Waals surface area contributed by atoms with Crippen LogP contribution in [0.25, 0.3) is 0 Å². The second-order valence-corrected chi connectivity index (χ2v) is 6.17. The average molecular weight is 248 g/mol. The first-order chi connectivity index (χ1) is 8.47. The maximum Gasteiger partial charge on any atom is 0.136 e. The molecule has 1 saturated carbocycles. The van der Waals surface area contributed by atoms with Crippen LogP contribution in [0.4, 0.5) is 5.82 Å². The smallest absolute Gasteiger partial charge is 0.136 e. The second kappa shape index (κ2) is 5.22. The van der Waals surface area contributed by atoms with E-state index in [1.54, 1.807) is 6.33 Å². The van der Waals surface area contributed by atoms with E-state index in [1.165, 1.54) is 24.8 Å². The van der Waals surface area contributed by atoms with Crippen LogP contribution in [0.1, 0.15) is 45.6 Å². The topological polar surface area (TPSA) is 41.1 Å². The molecule has 0 radical (unpaired) electrons. The van der Waals surface area contributed by atoms with Gasteiger partial charge in [0, 0.05) is 36.9 Å². The van der Waals surface area contributed by atoms with Gasteiger partial charge >= 0.3 is 0 Å². The summed E-state index contributed by atoms with van der Waals surface area (Å²) in [4.78, 5) is 10.9. The van der Waals surface area contributed by atoms with Crippen molar-refractivity contribution in [3.05, 3.63) is 18.1 Å². The molecular weight excluding hydrogens is 224 g/mol. The summed E-state index contributed by atoms with van der Waals surface area (Å²) in [5.41, 5.74) is 1.30. The van der Waals surface area contributed by atoms with Crippen LogP contribution in [-0.2, 0) is 6.54 Å². The number of hydrogen-bond donors (Lipinski definition) is 1. The normalized spacial score (nSPS) is 16.4. The van der Waals surface area contributed by atoms with Crippen LogP contribution in [0.5, 0.6) is 0 Å². The number of aromatic nitrogens is 2. The first-order valence-corrected chi connectivity index (χ1v) is 6.74. The Balaban J connectivity index is 2.09. The van der Waals surface area contributed by atoms with Crippen molar-refractivity contribution in [2.75, 3.05) is 11.9 Å². The van der Waals surface area contributed by atoms with Gasteiger partial charge in [0.2, 0.25) is 0 Å². The molecule has 4 nitrogen and oxygen atoms in total. The molecule has 1 aromatic heterocycles. The molecule has 1 N–H and O–H groups in total. The van der Waals surface area contributed by atoms with E-state index in [0.717, 1.165) is 12.4 Å². The summed E-state index contributed by atoms with van der Waals surface area (Å²) in [6, 6.07) is 0.660. The number of nitrogens with one attached hydrogen (secondary N) is 1. The Labute approximate surface area is 110 Å². The molecule has 1 aliphatic rings. The SMILES string of the molecule is CN(c1ncncc1CNC(C)(C)C)C1CCC1. The third-order valence-electron chi connectivity index (χ3n) is 3.53. The standard InChI is InChI=1S/C14H24N4/c1-14(2,3)17-9-11-8-15-10-16-13(11)18(4)12-6-5-7-12/h8,10,12,17H,5-7,9H2,1-4H3. The van der Waals surface area contributed by atoms with Crippen molar-refractivity contribution < 1.29 is 0 Å². The number of nitrogens with zero attached hydrogens (tertiary/aromatic N) is 3. The van der Waals surface area contributed by atoms with Gasteiger partial charge in [-0.05, 0) is 40.0 Å². The molecular formula is C14H24N4. The van der Waals surface area contributed by atoms with Crippen molar-refractivity contribution in [2.24, 2.45) is 0 Å². The summed E-state index contributed by atoms with van der Waals surface area (Å²) in [5, 5.41) is 3.50. The van der Waals surface area contributed by atoms with Gasteiger partial charge in [0.25, 0.3) is 0 Å². The Hall–Kier alpha value is -1.16. The van der Waals surface area contributed by atoms with Crippen molar-refractivity contribution in [3.63, 3.8) is 0 Å². The van der Waals surface area contributed by atoms with Crippen molar-refractivity contribution in [2.45, 2.75) is 58.2 Å². The van der Waals surface area contributed by atoms with Crippen molar-refractivity contribution in [1.82, 2.24) is 15.3 Å². The van der Waals surface area contributed by atoms with Crippen LogP contribution in [0.2, 0.25) is 0 Å². The Morgan fingerprint density at radius 2 is 2.11 bits per heavy atom. The summed E-state index contributed by atoms with van der Waals surface area (Å²) in [6.45, 7) is 7.33. The lowest BCUT2D eigenvalue weighted by atomic mass is 9.91. The molecule has 4 heteroatoms. The number of rotatable bonds is 4. The van der Waals surface area contributed by atoms with E-state index in [2.05, 4.69) is 48.0 Å². The first kappa shape index (κ1) is 13.3. The summed E-state index contributed by atoms with van der Waals surface area (Å²) in [5.74, 6) is 1.08. The van der Waals surface area contributed by atoms with E-state index < -0.39 is 0 Å². The molecule has 0 spiro atoms. The highest BCUT2D eigenvalue weighted by atomic mass is 15.2. The molecule has 1 aromatic rings. The fourth-order valence-electron chi connectivity index (χ4n) is 2.10. The van der Waals surface area contributed by atoms with Crippen molar-refractivity contribution in [3.8, 4) is 0 Å². The highest BCUT2D eigenvalue weighted by Gasteiger charge is 2.24. The fourth-order valence-corrected chi connectivity index (χ4v) is 2.10. The Kier molecular flexibility index (Phi) is 3.85. The first-order valence-electron chi connectivity index (χ1n) is 6.74. The molecule has 0 atom stereocenters. The van der Waals surface area contributed by atoms with Crippen LogP contribution < -0.4 is 10.2 Å². The minimum atomic E-state index is 0.113. The minimum Gasteiger partial charge on any atom is -0.356 e. The summed E-state index contributed by atoms with van der Waals surface area (Å²) < 4.78 is 0. The highest BCUT2D eigenvalue weighted by Crippen LogP contribution is 2.28. The van der Waals surface area contributed by atoms with Crippen LogP contribution in [0, 0.1) is 0 Å². The lowest BCUT2D eigenvalue weighted by Gasteiger charge is -2.36. The van der Waals surface area contributed by atoms with Crippen LogP contribution >= 0.6 is 0 Å². The third-order valence-corrected chi connectivity index (χ3v) is 3.53. The second-order valence-electron chi connectivity index (χ2n) is 6.17. The van der Waals surface area contributed by atoms with Gasteiger partial charge in [0.05, 0.1) is 0 Å². The van der Waals surface area contributed by atoms with Gasteiger partial charge in [-0.25, -0.2) is 9.97 Å². The van der Waals surface area contributed by atoms with E-state index in [4.69, 9.17) is 0 Å². The van der Waals surface area contributed by atoms with Crippen LogP contribution in [0.15, 0.2) is 12.5 Å². The van der Waals surface area contributed by atoms with Gasteiger partial charge in [-0.2, -0.15) is 0 Å². The molecule has 0 unspecified atom stereocenters. The van der Waals surface area contributed by atoms with Crippen molar-refractivity contribution >= 4 is 5.82 Å². The quantitative estimate of drug-likeness (QED) is 0.888. The summed E-state index contributed by atoms with van der Waals surface area (Å²) in [7, 11) is 2.15. The number of hydrogen-bond acceptors (Lipinski definition) is 4. The average Bonchev–Trinajstić information content (AvgIpc) is 2.23. The predicted octanol–water partition coefficient (Wildman–Crippen LogP) is 2.35. The molecule has 0 bridgehead atoms. The Bertz CT molecular complexity index is 393. The maximum absolute atomic E-state index is 4.46. The van der Waals surface area contributed by atoms with Gasteiger partial charge in [0.1, 0.15) is 12.1 Å². The molecule has 0 saturated heterocycles. The zero-order valence-corrected chi connectivity index (χ0v) is 11.9. The van der Waals surface area contributed by atoms with E-state index >= 15 is 0 Å². The molecule has 0 amide bonds. The molecule has 2 rings (SSSR count). The largest absolute Gasteiger partial charge is 0.356 e. The molecule has 0 aromatic carbocycles. The van der Waals surface area contributed by atoms with Crippen LogP contribution in [0.3, 0.4) is 0 Å². The molecule has 18 heavy (non-hydrogen) atoms. The van der Waals surface area contributed by atoms with Gasteiger partial charge in [-0.15, -0.1) is 0 Å². The molecule has 1 heterocycles. The minimum absolute atomic E-state index is 0.113. The fraction of sp³-hybridized carbons (Fsp3) is 0.714. The van der Waals surface area contributed by atoms with E-state index in [0.29, 0.717) is 6.04 Å². The Morgan fingerprint density at radius 3 is 2.67 bits per heavy atom. The van der Waals surface area contributed by atoms with Crippen LogP contribution in [-0.4, -0.2) is 28.6 Å². The maximum atomic E-state index is 4.46. The summed E-state index contributed by atoms with van der Waals surface area (Å²) in [6.07, 6.45) is 7.48. The molecule has 1 fully saturated rings. The van der Waals surface area contributed by atoms with Gasteiger partial charge in [-0.3, -0.25) is 0 Å². The lowest BCUT2D eigenvalue weighted by Crippen LogP contribution is -2.39. The van der Waals surface area contributed by atoms with E-state index in [-0.39, 0.29) is 5.54 Å². The lowest BCUT2D eigenvalue weighted by molar-refractivity contribution is 0.395. The molecule has 100 valence electrons. The monoisotopic (exact) mass is 248 g/mol. The van der Waals surface area contributed by atoms with Crippen molar-refractivity contribution in [1.29, 1.82) is 0 Å². The third kappa shape index (κ3) is 3.19. The predicted molar refractivity (Wildman–Crippen MR) is 74.7 cm³/mol. The van der Waals surface area contributed by atoms with Gasteiger partial charge < -0.3 is 10.2 Å². The molecule has 1 aliphatic carbocycles. The molecule has 0 aliphatic heterocycles. The van der Waals surface area contributed by atoms with E-state index in [9.17, 15) is 0 Å². The summed E-state index contributed by atoms with van der Waals surface area (Å²) >= 11 is 0. The highest BCUT2D eigenvalue weighted by molar-refractivity contribution is 5.46. The van der Waals surface area contributed by atoms with Gasteiger partial charge in [0.15, 0.2) is 0 Å². The zero-order chi connectivity index (χ0) is 13.2. The van der Waals surface area contributed by atoms with E-state index in [1.807, 2.05) is 6.20 Å². The number of anilines is 1. The zero-order valence-electron chi connectivity index (χ0n) is 11.9. The Morgan fingerprint density at radius 1 is 1.39 bits per heavy atom. The van der Waals surface area contributed by atoms with Gasteiger partial charge in [-0.1, -0.05) is 0 Å².